The third-order valence-corrected chi connectivity index (χ3v) is 5.55. The van der Waals surface area contributed by atoms with E-state index < -0.39 is 6.10 Å². The van der Waals surface area contributed by atoms with E-state index in [-0.39, 0.29) is 6.10 Å². The summed E-state index contributed by atoms with van der Waals surface area (Å²) in [5.41, 5.74) is 0.810. The molecule has 0 saturated carbocycles. The van der Waals surface area contributed by atoms with Gasteiger partial charge < -0.3 is 25.0 Å². The minimum Gasteiger partial charge on any atom is -0.491 e. The molecule has 8 nitrogen and oxygen atoms in total. The van der Waals surface area contributed by atoms with Gasteiger partial charge in [0.05, 0.1) is 18.8 Å². The van der Waals surface area contributed by atoms with Gasteiger partial charge in [-0.25, -0.2) is 4.99 Å². The molecule has 1 atom stereocenters. The van der Waals surface area contributed by atoms with E-state index >= 15 is 0 Å². The SMILES string of the molecule is Cc1nnc(CN=C(NCc2cccs2)NCC(O)c2ccc(OC(C)C)cc2)n1C. The van der Waals surface area contributed by atoms with Crippen LogP contribution in [0.2, 0.25) is 0 Å². The Morgan fingerprint density at radius 1 is 1.19 bits per heavy atom. The zero-order valence-corrected chi connectivity index (χ0v) is 19.2. The van der Waals surface area contributed by atoms with Gasteiger partial charge in [0.25, 0.3) is 0 Å². The summed E-state index contributed by atoms with van der Waals surface area (Å²) in [4.78, 5) is 5.82. The number of aromatic nitrogens is 3. The van der Waals surface area contributed by atoms with E-state index in [1.807, 2.05) is 68.1 Å². The first kappa shape index (κ1) is 22.8. The maximum Gasteiger partial charge on any atom is 0.192 e. The molecular weight excluding hydrogens is 412 g/mol. The third-order valence-electron chi connectivity index (χ3n) is 4.67. The van der Waals surface area contributed by atoms with Crippen molar-refractivity contribution >= 4 is 17.3 Å². The second kappa shape index (κ2) is 10.9. The first-order chi connectivity index (χ1) is 14.9. The molecule has 31 heavy (non-hydrogen) atoms. The largest absolute Gasteiger partial charge is 0.491 e. The summed E-state index contributed by atoms with van der Waals surface area (Å²) in [6, 6.07) is 11.6. The van der Waals surface area contributed by atoms with Gasteiger partial charge in [0.2, 0.25) is 0 Å². The van der Waals surface area contributed by atoms with Crippen molar-refractivity contribution in [1.82, 2.24) is 25.4 Å². The lowest BCUT2D eigenvalue weighted by Crippen LogP contribution is -2.39. The van der Waals surface area contributed by atoms with Gasteiger partial charge in [0.1, 0.15) is 18.1 Å². The number of hydrogen-bond donors (Lipinski definition) is 3. The standard InChI is InChI=1S/C22H30N6O2S/c1-15(2)30-18-9-7-17(8-10-18)20(29)13-24-22(23-12-19-6-5-11-31-19)25-14-21-27-26-16(3)28(21)4/h5-11,15,20,29H,12-14H2,1-4H3,(H2,23,24,25). The maximum absolute atomic E-state index is 10.6. The van der Waals surface area contributed by atoms with E-state index in [0.717, 1.165) is 23.0 Å². The molecule has 0 aliphatic carbocycles. The van der Waals surface area contributed by atoms with Crippen molar-refractivity contribution in [3.05, 3.63) is 63.9 Å². The van der Waals surface area contributed by atoms with Crippen molar-refractivity contribution in [2.45, 2.75) is 46.1 Å². The van der Waals surface area contributed by atoms with Gasteiger partial charge in [-0.05, 0) is 49.9 Å². The monoisotopic (exact) mass is 442 g/mol. The predicted molar refractivity (Wildman–Crippen MR) is 123 cm³/mol. The van der Waals surface area contributed by atoms with Crippen LogP contribution >= 0.6 is 11.3 Å². The summed E-state index contributed by atoms with van der Waals surface area (Å²) in [5, 5.41) is 27.4. The zero-order valence-electron chi connectivity index (χ0n) is 18.4. The number of aliphatic hydroxyl groups is 1. The average molecular weight is 443 g/mol. The lowest BCUT2D eigenvalue weighted by atomic mass is 10.1. The first-order valence-corrected chi connectivity index (χ1v) is 11.1. The molecule has 1 unspecified atom stereocenters. The predicted octanol–water partition coefficient (Wildman–Crippen LogP) is 2.94. The molecule has 0 radical (unpaired) electrons. The van der Waals surface area contributed by atoms with E-state index in [4.69, 9.17) is 4.74 Å². The molecule has 166 valence electrons. The van der Waals surface area contributed by atoms with Crippen LogP contribution in [0.15, 0.2) is 46.8 Å². The summed E-state index contributed by atoms with van der Waals surface area (Å²) in [6.07, 6.45) is -0.567. The molecule has 0 saturated heterocycles. The Kier molecular flexibility index (Phi) is 8.02. The number of guanidine groups is 1. The number of thiophene rings is 1. The topological polar surface area (TPSA) is 96.6 Å². The number of aliphatic hydroxyl groups excluding tert-OH is 1. The van der Waals surface area contributed by atoms with Crippen LogP contribution in [0, 0.1) is 6.92 Å². The Bertz CT molecular complexity index is 967. The average Bonchev–Trinajstić information content (AvgIpc) is 3.38. The molecule has 3 aromatic rings. The van der Waals surface area contributed by atoms with Crippen LogP contribution in [-0.4, -0.2) is 38.5 Å². The number of nitrogens with zero attached hydrogens (tertiary/aromatic N) is 4. The Labute approximate surface area is 187 Å². The number of nitrogens with one attached hydrogen (secondary N) is 2. The van der Waals surface area contributed by atoms with Crippen molar-refractivity contribution in [3.8, 4) is 5.75 Å². The van der Waals surface area contributed by atoms with E-state index in [1.54, 1.807) is 11.3 Å². The van der Waals surface area contributed by atoms with Gasteiger partial charge >= 0.3 is 0 Å². The van der Waals surface area contributed by atoms with Crippen LogP contribution in [0.4, 0.5) is 0 Å². The van der Waals surface area contributed by atoms with E-state index in [2.05, 4.69) is 31.9 Å². The molecule has 0 fully saturated rings. The molecule has 2 heterocycles. The molecule has 2 aromatic heterocycles. The molecular formula is C22H30N6O2S. The Morgan fingerprint density at radius 3 is 2.58 bits per heavy atom. The van der Waals surface area contributed by atoms with Crippen LogP contribution in [0.1, 0.15) is 42.0 Å². The summed E-state index contributed by atoms with van der Waals surface area (Å²) < 4.78 is 7.57. The molecule has 0 aliphatic heterocycles. The summed E-state index contributed by atoms with van der Waals surface area (Å²) >= 11 is 1.68. The highest BCUT2D eigenvalue weighted by molar-refractivity contribution is 7.09. The molecule has 0 spiro atoms. The minimum absolute atomic E-state index is 0.114. The van der Waals surface area contributed by atoms with E-state index in [9.17, 15) is 5.11 Å². The fourth-order valence-electron chi connectivity index (χ4n) is 2.85. The fraction of sp³-hybridized carbons (Fsp3) is 0.409. The fourth-order valence-corrected chi connectivity index (χ4v) is 3.49. The second-order valence-electron chi connectivity index (χ2n) is 7.45. The van der Waals surface area contributed by atoms with Gasteiger partial charge in [0, 0.05) is 18.5 Å². The van der Waals surface area contributed by atoms with Gasteiger partial charge in [-0.1, -0.05) is 18.2 Å². The lowest BCUT2D eigenvalue weighted by Gasteiger charge is -2.17. The molecule has 3 N–H and O–H groups in total. The summed E-state index contributed by atoms with van der Waals surface area (Å²) in [6.45, 7) is 7.23. The molecule has 1 aromatic carbocycles. The number of hydrogen-bond acceptors (Lipinski definition) is 6. The maximum atomic E-state index is 10.6. The zero-order chi connectivity index (χ0) is 22.2. The van der Waals surface area contributed by atoms with Gasteiger partial charge in [0.15, 0.2) is 11.8 Å². The highest BCUT2D eigenvalue weighted by Gasteiger charge is 2.11. The van der Waals surface area contributed by atoms with Gasteiger partial charge in [-0.3, -0.25) is 0 Å². The second-order valence-corrected chi connectivity index (χ2v) is 8.48. The molecule has 0 bridgehead atoms. The minimum atomic E-state index is -0.682. The quantitative estimate of drug-likeness (QED) is 0.348. The van der Waals surface area contributed by atoms with E-state index in [0.29, 0.717) is 25.6 Å². The van der Waals surface area contributed by atoms with Crippen molar-refractivity contribution < 1.29 is 9.84 Å². The van der Waals surface area contributed by atoms with Gasteiger partial charge in [-0.2, -0.15) is 0 Å². The smallest absolute Gasteiger partial charge is 0.192 e. The Morgan fingerprint density at radius 2 is 1.97 bits per heavy atom. The van der Waals surface area contributed by atoms with E-state index in [1.165, 1.54) is 4.88 Å². The highest BCUT2D eigenvalue weighted by atomic mass is 32.1. The number of benzene rings is 1. The Balaban J connectivity index is 1.62. The number of aryl methyl sites for hydroxylation is 1. The molecule has 9 heteroatoms. The van der Waals surface area contributed by atoms with Crippen molar-refractivity contribution in [3.63, 3.8) is 0 Å². The van der Waals surface area contributed by atoms with Crippen molar-refractivity contribution in [2.75, 3.05) is 6.54 Å². The third kappa shape index (κ3) is 6.80. The van der Waals surface area contributed by atoms with Crippen LogP contribution in [-0.2, 0) is 20.1 Å². The highest BCUT2D eigenvalue weighted by Crippen LogP contribution is 2.18. The summed E-state index contributed by atoms with van der Waals surface area (Å²) in [5.74, 6) is 3.01. The number of rotatable bonds is 9. The van der Waals surface area contributed by atoms with Crippen molar-refractivity contribution in [2.24, 2.45) is 12.0 Å². The normalized spacial score (nSPS) is 12.8. The first-order valence-electron chi connectivity index (χ1n) is 10.3. The molecule has 0 aliphatic rings. The molecule has 3 rings (SSSR count). The van der Waals surface area contributed by atoms with Crippen molar-refractivity contribution in [1.29, 1.82) is 0 Å². The van der Waals surface area contributed by atoms with Gasteiger partial charge in [-0.15, -0.1) is 21.5 Å². The summed E-state index contributed by atoms with van der Waals surface area (Å²) in [7, 11) is 1.92. The van der Waals surface area contributed by atoms with Crippen LogP contribution in [0.3, 0.4) is 0 Å². The number of ether oxygens (including phenoxy) is 1. The van der Waals surface area contributed by atoms with Crippen LogP contribution in [0.25, 0.3) is 0 Å². The lowest BCUT2D eigenvalue weighted by molar-refractivity contribution is 0.180. The Hall–Kier alpha value is -2.91. The number of aliphatic imine (C=N–C) groups is 1. The molecule has 0 amide bonds. The van der Waals surface area contributed by atoms with Crippen LogP contribution < -0.4 is 15.4 Å². The van der Waals surface area contributed by atoms with Crippen LogP contribution in [0.5, 0.6) is 5.75 Å².